The lowest BCUT2D eigenvalue weighted by Gasteiger charge is -2.35. The Morgan fingerprint density at radius 2 is 1.44 bits per heavy atom. The molecule has 2 heterocycles. The van der Waals surface area contributed by atoms with Crippen molar-refractivity contribution in [1.29, 1.82) is 0 Å². The maximum atomic E-state index is 12.7. The van der Waals surface area contributed by atoms with Gasteiger partial charge in [0.1, 0.15) is 0 Å². The van der Waals surface area contributed by atoms with Crippen molar-refractivity contribution < 1.29 is 24.3 Å². The smallest absolute Gasteiger partial charge is 0.307 e. The minimum Gasteiger partial charge on any atom is -0.481 e. The molecule has 1 aliphatic carbocycles. The first-order valence-corrected chi connectivity index (χ1v) is 12.0. The quantitative estimate of drug-likeness (QED) is 0.701. The van der Waals surface area contributed by atoms with Crippen LogP contribution >= 0.6 is 0 Å². The number of carboxylic acid groups (broad SMARTS) is 1. The van der Waals surface area contributed by atoms with Crippen LogP contribution in [0.25, 0.3) is 0 Å². The number of imide groups is 1. The summed E-state index contributed by atoms with van der Waals surface area (Å²) in [6.07, 6.45) is 4.10. The lowest BCUT2D eigenvalue weighted by atomic mass is 9.78. The van der Waals surface area contributed by atoms with E-state index in [2.05, 4.69) is 12.1 Å². The Labute approximate surface area is 199 Å². The van der Waals surface area contributed by atoms with E-state index in [9.17, 15) is 24.3 Å². The van der Waals surface area contributed by atoms with Gasteiger partial charge >= 0.3 is 5.97 Å². The van der Waals surface area contributed by atoms with Crippen LogP contribution in [-0.2, 0) is 22.6 Å². The highest BCUT2D eigenvalue weighted by Gasteiger charge is 2.38. The number of carbonyl (C=O) groups is 4. The van der Waals surface area contributed by atoms with Gasteiger partial charge in [-0.3, -0.25) is 24.1 Å². The van der Waals surface area contributed by atoms with Crippen molar-refractivity contribution in [2.75, 3.05) is 13.1 Å². The molecule has 2 unspecified atom stereocenters. The molecule has 1 N–H and O–H groups in total. The molecule has 7 nitrogen and oxygen atoms in total. The summed E-state index contributed by atoms with van der Waals surface area (Å²) < 4.78 is 0. The van der Waals surface area contributed by atoms with Gasteiger partial charge in [-0.25, -0.2) is 0 Å². The summed E-state index contributed by atoms with van der Waals surface area (Å²) in [5.74, 6) is -1.96. The molecule has 1 saturated carbocycles. The Bertz CT molecular complexity index is 1080. The molecule has 2 aliphatic heterocycles. The third-order valence-corrected chi connectivity index (χ3v) is 7.04. The molecular weight excluding hydrogens is 432 g/mol. The van der Waals surface area contributed by atoms with Crippen molar-refractivity contribution in [2.24, 2.45) is 11.8 Å². The number of carbonyl (C=O) groups excluding carboxylic acids is 3. The van der Waals surface area contributed by atoms with Gasteiger partial charge in [-0.2, -0.15) is 0 Å². The van der Waals surface area contributed by atoms with E-state index in [1.165, 1.54) is 16.0 Å². The summed E-state index contributed by atoms with van der Waals surface area (Å²) in [7, 11) is 0. The standard InChI is InChI=1S/C17H21NO3.C10H9NO2/c19-16(14-7-3-4-8-15(14)17(20)21)18-10-9-12-5-1-2-6-13(12)11-18;1-2-11-9(12)7-5-3-4-6-8(7)10(11)13/h1-2,5-6,14-15H,3-4,7-11H2,(H,20,21);3-6H,2H2,1H3. The van der Waals surface area contributed by atoms with Crippen LogP contribution in [0.3, 0.4) is 0 Å². The van der Waals surface area contributed by atoms with Crippen LogP contribution in [-0.4, -0.2) is 51.7 Å². The number of carboxylic acids is 1. The second-order valence-corrected chi connectivity index (χ2v) is 9.01. The Morgan fingerprint density at radius 1 is 0.882 bits per heavy atom. The second kappa shape index (κ2) is 10.2. The van der Waals surface area contributed by atoms with Gasteiger partial charge in [0.25, 0.3) is 11.8 Å². The summed E-state index contributed by atoms with van der Waals surface area (Å²) >= 11 is 0. The van der Waals surface area contributed by atoms with Crippen molar-refractivity contribution >= 4 is 23.7 Å². The Kier molecular flexibility index (Phi) is 7.10. The highest BCUT2D eigenvalue weighted by atomic mass is 16.4. The minimum atomic E-state index is -0.814. The van der Waals surface area contributed by atoms with E-state index >= 15 is 0 Å². The van der Waals surface area contributed by atoms with Crippen LogP contribution in [0.15, 0.2) is 48.5 Å². The maximum Gasteiger partial charge on any atom is 0.307 e. The number of hydrogen-bond acceptors (Lipinski definition) is 4. The van der Waals surface area contributed by atoms with E-state index < -0.39 is 11.9 Å². The molecule has 2 aromatic carbocycles. The number of amides is 3. The number of fused-ring (bicyclic) bond motifs is 2. The average molecular weight is 463 g/mol. The first-order valence-electron chi connectivity index (χ1n) is 12.0. The van der Waals surface area contributed by atoms with Gasteiger partial charge in [-0.05, 0) is 49.4 Å². The van der Waals surface area contributed by atoms with E-state index in [1.807, 2.05) is 17.0 Å². The predicted molar refractivity (Wildman–Crippen MR) is 126 cm³/mol. The van der Waals surface area contributed by atoms with Gasteiger partial charge in [-0.15, -0.1) is 0 Å². The van der Waals surface area contributed by atoms with Crippen LogP contribution in [0.1, 0.15) is 64.4 Å². The predicted octanol–water partition coefficient (Wildman–Crippen LogP) is 3.76. The minimum absolute atomic E-state index is 0.0385. The molecule has 0 spiro atoms. The third kappa shape index (κ3) is 4.60. The lowest BCUT2D eigenvalue weighted by molar-refractivity contribution is -0.152. The highest BCUT2D eigenvalue weighted by Crippen LogP contribution is 2.33. The normalized spacial score (nSPS) is 21.3. The van der Waals surface area contributed by atoms with Crippen LogP contribution in [0.5, 0.6) is 0 Å². The number of aliphatic carboxylic acids is 1. The monoisotopic (exact) mass is 462 g/mol. The van der Waals surface area contributed by atoms with Crippen molar-refractivity contribution in [1.82, 2.24) is 9.80 Å². The first kappa shape index (κ1) is 23.7. The Hall–Kier alpha value is -3.48. The zero-order valence-corrected chi connectivity index (χ0v) is 19.4. The molecule has 2 atom stereocenters. The Balaban J connectivity index is 0.000000180. The zero-order valence-electron chi connectivity index (χ0n) is 19.4. The molecule has 178 valence electrons. The van der Waals surface area contributed by atoms with Crippen LogP contribution in [0, 0.1) is 11.8 Å². The second-order valence-electron chi connectivity index (χ2n) is 9.01. The third-order valence-electron chi connectivity index (χ3n) is 7.04. The fraction of sp³-hybridized carbons (Fsp3) is 0.407. The molecule has 3 amide bonds. The number of hydrogen-bond donors (Lipinski definition) is 1. The molecule has 34 heavy (non-hydrogen) atoms. The molecular formula is C27H30N2O5. The van der Waals surface area contributed by atoms with Gasteiger partial charge in [0.05, 0.1) is 23.0 Å². The van der Waals surface area contributed by atoms with E-state index in [1.54, 1.807) is 31.2 Å². The van der Waals surface area contributed by atoms with Gasteiger partial charge in [-0.1, -0.05) is 49.2 Å². The van der Waals surface area contributed by atoms with Crippen molar-refractivity contribution in [3.05, 3.63) is 70.8 Å². The number of benzene rings is 2. The highest BCUT2D eigenvalue weighted by molar-refractivity contribution is 6.21. The largest absolute Gasteiger partial charge is 0.481 e. The average Bonchev–Trinajstić information content (AvgIpc) is 3.13. The summed E-state index contributed by atoms with van der Waals surface area (Å²) in [6.45, 7) is 3.56. The summed E-state index contributed by atoms with van der Waals surface area (Å²) in [4.78, 5) is 50.3. The van der Waals surface area contributed by atoms with Crippen molar-refractivity contribution in [2.45, 2.75) is 45.6 Å². The van der Waals surface area contributed by atoms with Gasteiger partial charge < -0.3 is 10.0 Å². The van der Waals surface area contributed by atoms with Crippen molar-refractivity contribution in [3.63, 3.8) is 0 Å². The van der Waals surface area contributed by atoms with E-state index in [4.69, 9.17) is 0 Å². The van der Waals surface area contributed by atoms with Crippen LogP contribution in [0.4, 0.5) is 0 Å². The molecule has 0 radical (unpaired) electrons. The zero-order chi connectivity index (χ0) is 24.2. The molecule has 2 aromatic rings. The molecule has 3 aliphatic rings. The van der Waals surface area contributed by atoms with Gasteiger partial charge in [0, 0.05) is 19.6 Å². The fourth-order valence-corrected chi connectivity index (χ4v) is 5.17. The molecule has 0 saturated heterocycles. The maximum absolute atomic E-state index is 12.7. The molecule has 1 fully saturated rings. The summed E-state index contributed by atoms with van der Waals surface area (Å²) in [6, 6.07) is 15.1. The lowest BCUT2D eigenvalue weighted by Crippen LogP contribution is -2.44. The van der Waals surface area contributed by atoms with Gasteiger partial charge in [0.15, 0.2) is 0 Å². The Morgan fingerprint density at radius 3 is 2.03 bits per heavy atom. The van der Waals surface area contributed by atoms with E-state index in [0.29, 0.717) is 43.6 Å². The molecule has 0 bridgehead atoms. The first-order chi connectivity index (χ1) is 16.4. The fourth-order valence-electron chi connectivity index (χ4n) is 5.17. The number of nitrogens with zero attached hydrogens (tertiary/aromatic N) is 2. The SMILES string of the molecule is CCN1C(=O)c2ccccc2C1=O.O=C(O)C1CCCCC1C(=O)N1CCc2ccccc2C1. The van der Waals surface area contributed by atoms with Crippen LogP contribution in [0.2, 0.25) is 0 Å². The van der Waals surface area contributed by atoms with E-state index in [0.717, 1.165) is 19.3 Å². The summed E-state index contributed by atoms with van der Waals surface area (Å²) in [5.41, 5.74) is 3.54. The number of rotatable bonds is 3. The van der Waals surface area contributed by atoms with E-state index in [-0.39, 0.29) is 23.6 Å². The molecule has 5 rings (SSSR count). The molecule has 7 heteroatoms. The van der Waals surface area contributed by atoms with Crippen molar-refractivity contribution in [3.8, 4) is 0 Å². The molecule has 0 aromatic heterocycles. The topological polar surface area (TPSA) is 95.0 Å². The summed E-state index contributed by atoms with van der Waals surface area (Å²) in [5, 5.41) is 9.34. The van der Waals surface area contributed by atoms with Gasteiger partial charge in [0.2, 0.25) is 5.91 Å². The van der Waals surface area contributed by atoms with Crippen LogP contribution < -0.4 is 0 Å².